The Morgan fingerprint density at radius 2 is 0.879 bits per heavy atom. The third-order valence-corrected chi connectivity index (χ3v) is 18.2. The Morgan fingerprint density at radius 3 is 1.34 bits per heavy atom. The van der Waals surface area contributed by atoms with Gasteiger partial charge in [-0.3, -0.25) is 4.18 Å². The maximum atomic E-state index is 15.8. The van der Waals surface area contributed by atoms with E-state index in [1.54, 1.807) is 31.4 Å². The lowest BCUT2D eigenvalue weighted by molar-refractivity contribution is -0.280. The molecule has 1 heterocycles. The molecule has 1 saturated heterocycles. The molecule has 10 rings (SSSR count). The summed E-state index contributed by atoms with van der Waals surface area (Å²) in [6.45, 7) is 1.19. The van der Waals surface area contributed by atoms with Gasteiger partial charge in [-0.25, -0.2) is 4.79 Å². The van der Waals surface area contributed by atoms with E-state index in [4.69, 9.17) is 65.8 Å². The molecule has 1 aliphatic rings. The van der Waals surface area contributed by atoms with Gasteiger partial charge in [0, 0.05) is 6.42 Å². The summed E-state index contributed by atoms with van der Waals surface area (Å²) < 4.78 is 121. The van der Waals surface area contributed by atoms with Gasteiger partial charge in [0.1, 0.15) is 54.6 Å². The third-order valence-electron chi connectivity index (χ3n) is 16.9. The summed E-state index contributed by atoms with van der Waals surface area (Å²) in [6, 6.07) is 74.0. The van der Waals surface area contributed by atoms with Crippen LogP contribution in [0.5, 0.6) is 23.0 Å². The summed E-state index contributed by atoms with van der Waals surface area (Å²) in [6.07, 6.45) is -12.9. The van der Waals surface area contributed by atoms with Gasteiger partial charge in [-0.1, -0.05) is 212 Å². The van der Waals surface area contributed by atoms with Gasteiger partial charge in [0.25, 0.3) is 10.1 Å². The van der Waals surface area contributed by atoms with Gasteiger partial charge in [-0.05, 0) is 82.3 Å². The zero-order chi connectivity index (χ0) is 69.2. The molecule has 1 N–H and O–H groups in total. The first-order chi connectivity index (χ1) is 48.4. The fraction of sp³-hybridized carbons (Fsp3) is 0.312. The molecule has 520 valence electrons. The fourth-order valence-corrected chi connectivity index (χ4v) is 12.6. The van der Waals surface area contributed by atoms with Crippen LogP contribution in [-0.4, -0.2) is 122 Å². The normalized spacial score (nSPS) is 17.7. The Balaban J connectivity index is 1.16. The predicted molar refractivity (Wildman–Crippen MR) is 372 cm³/mol. The van der Waals surface area contributed by atoms with Crippen molar-refractivity contribution < 1.29 is 84.1 Å². The zero-order valence-corrected chi connectivity index (χ0v) is 57.1. The molecule has 10 atom stereocenters. The van der Waals surface area contributed by atoms with Gasteiger partial charge < -0.3 is 66.7 Å². The van der Waals surface area contributed by atoms with Gasteiger partial charge in [0.15, 0.2) is 17.6 Å². The third kappa shape index (κ3) is 21.1. The first-order valence-electron chi connectivity index (χ1n) is 32.8. The van der Waals surface area contributed by atoms with E-state index in [2.05, 4.69) is 0 Å². The van der Waals surface area contributed by atoms with Gasteiger partial charge in [-0.15, -0.1) is 0 Å². The predicted octanol–water partition coefficient (Wildman–Crippen LogP) is 13.2. The molecule has 0 bridgehead atoms. The lowest BCUT2D eigenvalue weighted by atomic mass is 9.88. The van der Waals surface area contributed by atoms with Crippen molar-refractivity contribution in [1.29, 1.82) is 0 Å². The highest BCUT2D eigenvalue weighted by atomic mass is 32.2. The number of aryl methyl sites for hydroxylation is 1. The summed E-state index contributed by atoms with van der Waals surface area (Å²) in [4.78, 5) is 15.7. The quantitative estimate of drug-likeness (QED) is 0.0283. The van der Waals surface area contributed by atoms with E-state index in [0.717, 1.165) is 27.8 Å². The standard InChI is InChI=1S/C80H86O18S/c1-56-36-42-66(43-37-56)99(83,84)96-54-67(81)73(91-49-58-26-14-7-15-27-58)78(94-52-61-32-20-10-21-33-61)77(98-80(82)64-44-68(86-3)74(88-5)69(45-64)87-4)70(90-48-63-38-40-65(85-2)41-39-63)46-71-75(92-50-59-28-16-8-17-29-59)79(95-53-62-34-22-11-23-35-62)76(93-51-60-30-18-9-19-31-60)72(97-71)55-89-47-57-24-12-6-13-25-57/h6-45,67,70-73,75-79,81H,46-55H2,1-5H3/t67-,70-,71-,72+,73+,75-,76+,77+,78-,79+/m0/s1. The molecule has 9 aromatic rings. The number of ether oxygens (including phenoxy) is 13. The SMILES string of the molecule is COc1ccc(CO[C@@H](C[C@@H]2O[C@H](COCc3ccccc3)[C@@H](OCc3ccccc3)[C@H](OCc3ccccc3)[C@H]2OCc2ccccc2)[C@@H](OC(=O)c2cc(OC)c(OC)c(OC)c2)[C@@H](OCc2ccccc2)[C@H](OCc2ccccc2)[C@@H](O)COS(=O)(=O)c2ccc(C)cc2)cc1. The van der Waals surface area contributed by atoms with E-state index in [0.29, 0.717) is 22.4 Å². The van der Waals surface area contributed by atoms with E-state index in [1.807, 2.05) is 201 Å². The van der Waals surface area contributed by atoms with Crippen molar-refractivity contribution in [1.82, 2.24) is 0 Å². The molecule has 0 amide bonds. The van der Waals surface area contributed by atoms with Crippen LogP contribution in [0.25, 0.3) is 0 Å². The number of carbonyl (C=O) groups is 1. The monoisotopic (exact) mass is 1370 g/mol. The Morgan fingerprint density at radius 1 is 0.455 bits per heavy atom. The summed E-state index contributed by atoms with van der Waals surface area (Å²) in [7, 11) is 1.37. The van der Waals surface area contributed by atoms with Crippen molar-refractivity contribution in [3.05, 3.63) is 293 Å². The largest absolute Gasteiger partial charge is 0.497 e. The highest BCUT2D eigenvalue weighted by Gasteiger charge is 2.52. The minimum Gasteiger partial charge on any atom is -0.497 e. The number of aliphatic hydroxyl groups excluding tert-OH is 1. The Bertz CT molecular complexity index is 3910. The highest BCUT2D eigenvalue weighted by Crippen LogP contribution is 2.40. The van der Waals surface area contributed by atoms with Crippen LogP contribution in [0.1, 0.15) is 61.3 Å². The molecule has 0 aromatic heterocycles. The molecule has 0 spiro atoms. The number of aliphatic hydroxyl groups is 1. The van der Waals surface area contributed by atoms with Crippen LogP contribution in [-0.2, 0) is 103 Å². The summed E-state index contributed by atoms with van der Waals surface area (Å²) in [5.41, 5.74) is 6.42. The highest BCUT2D eigenvalue weighted by molar-refractivity contribution is 7.86. The number of carbonyl (C=O) groups excluding carboxylic acids is 1. The summed E-state index contributed by atoms with van der Waals surface area (Å²) >= 11 is 0. The van der Waals surface area contributed by atoms with Crippen molar-refractivity contribution in [2.24, 2.45) is 0 Å². The molecule has 0 unspecified atom stereocenters. The Kier molecular flexibility index (Phi) is 27.6. The van der Waals surface area contributed by atoms with Crippen LogP contribution in [0, 0.1) is 6.92 Å². The van der Waals surface area contributed by atoms with E-state index >= 15 is 4.79 Å². The minimum atomic E-state index is -4.51. The second kappa shape index (κ2) is 37.4. The molecular weight excluding hydrogens is 1280 g/mol. The average molecular weight is 1370 g/mol. The Labute approximate surface area is 580 Å². The van der Waals surface area contributed by atoms with E-state index in [9.17, 15) is 13.5 Å². The maximum Gasteiger partial charge on any atom is 0.338 e. The second-order valence-electron chi connectivity index (χ2n) is 23.9. The smallest absolute Gasteiger partial charge is 0.338 e. The van der Waals surface area contributed by atoms with Crippen LogP contribution >= 0.6 is 0 Å². The zero-order valence-electron chi connectivity index (χ0n) is 56.2. The molecule has 99 heavy (non-hydrogen) atoms. The number of rotatable bonds is 38. The van der Waals surface area contributed by atoms with Gasteiger partial charge in [-0.2, -0.15) is 8.42 Å². The van der Waals surface area contributed by atoms with Gasteiger partial charge in [0.2, 0.25) is 5.75 Å². The van der Waals surface area contributed by atoms with E-state index in [1.165, 1.54) is 45.6 Å². The van der Waals surface area contributed by atoms with E-state index < -0.39 is 83.7 Å². The van der Waals surface area contributed by atoms with Crippen molar-refractivity contribution in [2.45, 2.75) is 126 Å². The van der Waals surface area contributed by atoms with Crippen LogP contribution in [0.15, 0.2) is 248 Å². The number of methoxy groups -OCH3 is 4. The molecule has 0 aliphatic carbocycles. The fourth-order valence-electron chi connectivity index (χ4n) is 11.6. The molecule has 18 nitrogen and oxygen atoms in total. The first kappa shape index (κ1) is 72.9. The van der Waals surface area contributed by atoms with Gasteiger partial charge >= 0.3 is 5.97 Å². The maximum absolute atomic E-state index is 15.8. The average Bonchev–Trinajstić information content (AvgIpc) is 0.784. The molecule has 1 aliphatic heterocycles. The first-order valence-corrected chi connectivity index (χ1v) is 34.2. The number of hydrogen-bond donors (Lipinski definition) is 1. The lowest BCUT2D eigenvalue weighted by Gasteiger charge is -2.48. The van der Waals surface area contributed by atoms with Crippen molar-refractivity contribution >= 4 is 16.1 Å². The van der Waals surface area contributed by atoms with Crippen LogP contribution < -0.4 is 18.9 Å². The summed E-state index contributed by atoms with van der Waals surface area (Å²) in [5, 5.41) is 13.0. The van der Waals surface area contributed by atoms with Crippen molar-refractivity contribution in [2.75, 3.05) is 41.7 Å². The number of hydrogen-bond acceptors (Lipinski definition) is 18. The molecule has 1 fully saturated rings. The molecule has 0 saturated carbocycles. The van der Waals surface area contributed by atoms with Crippen LogP contribution in [0.2, 0.25) is 0 Å². The second-order valence-corrected chi connectivity index (χ2v) is 25.5. The Hall–Kier alpha value is -8.80. The molecule has 0 radical (unpaired) electrons. The molecule has 19 heteroatoms. The van der Waals surface area contributed by atoms with Crippen LogP contribution in [0.4, 0.5) is 0 Å². The number of benzene rings is 9. The molecule has 9 aromatic carbocycles. The lowest BCUT2D eigenvalue weighted by Crippen LogP contribution is -2.62. The van der Waals surface area contributed by atoms with E-state index in [-0.39, 0.29) is 87.0 Å². The minimum absolute atomic E-state index is 0.00821. The topological polar surface area (TPSA) is 201 Å². The molecular formula is C80H86O18S. The number of esters is 1. The van der Waals surface area contributed by atoms with Crippen molar-refractivity contribution in [3.8, 4) is 23.0 Å². The summed E-state index contributed by atoms with van der Waals surface area (Å²) in [5.74, 6) is 0.185. The van der Waals surface area contributed by atoms with Crippen molar-refractivity contribution in [3.63, 3.8) is 0 Å². The van der Waals surface area contributed by atoms with Crippen LogP contribution in [0.3, 0.4) is 0 Å². The van der Waals surface area contributed by atoms with Gasteiger partial charge in [0.05, 0.1) is 104 Å².